The van der Waals surface area contributed by atoms with E-state index < -0.39 is 11.4 Å². The van der Waals surface area contributed by atoms with Crippen LogP contribution in [0.25, 0.3) is 32.4 Å². The van der Waals surface area contributed by atoms with Crippen molar-refractivity contribution in [3.8, 4) is 5.00 Å². The number of hydrogen-bond donors (Lipinski definition) is 1. The minimum atomic E-state index is -0.988. The van der Waals surface area contributed by atoms with Crippen molar-refractivity contribution in [2.24, 2.45) is 0 Å². The van der Waals surface area contributed by atoms with Gasteiger partial charge in [0.15, 0.2) is 11.5 Å². The Morgan fingerprint density at radius 1 is 0.898 bits per heavy atom. The van der Waals surface area contributed by atoms with Crippen molar-refractivity contribution in [2.75, 3.05) is 6.54 Å². The highest BCUT2D eigenvalue weighted by molar-refractivity contribution is 7.16. The maximum atomic E-state index is 13.7. The Balaban J connectivity index is 1.31. The third-order valence-corrected chi connectivity index (χ3v) is 11.3. The molecule has 0 spiro atoms. The summed E-state index contributed by atoms with van der Waals surface area (Å²) in [7, 11) is 0. The van der Waals surface area contributed by atoms with Crippen molar-refractivity contribution >= 4 is 61.9 Å². The number of hydrogen-bond acceptors (Lipinski definition) is 4. The van der Waals surface area contributed by atoms with Gasteiger partial charge in [-0.15, -0.1) is 11.3 Å². The molecule has 0 saturated heterocycles. The Bertz CT molecular complexity index is 2290. The number of carbonyl (C=O) groups is 2. The molecular weight excluding hydrogens is 629 g/mol. The quantitative estimate of drug-likeness (QED) is 0.150. The van der Waals surface area contributed by atoms with Crippen LogP contribution in [0.5, 0.6) is 0 Å². The van der Waals surface area contributed by atoms with E-state index in [4.69, 9.17) is 0 Å². The Morgan fingerprint density at radius 2 is 1.49 bits per heavy atom. The number of carboxylic acids is 1. The molecule has 0 radical (unpaired) electrons. The van der Waals surface area contributed by atoms with E-state index in [0.717, 1.165) is 33.0 Å². The molecular formula is C42H42N2O4S. The second-order valence-corrected chi connectivity index (χ2v) is 16.9. The van der Waals surface area contributed by atoms with Gasteiger partial charge < -0.3 is 14.8 Å². The average Bonchev–Trinajstić information content (AvgIpc) is 3.69. The molecule has 2 aromatic heterocycles. The van der Waals surface area contributed by atoms with Crippen LogP contribution in [0, 0.1) is 0 Å². The van der Waals surface area contributed by atoms with E-state index in [2.05, 4.69) is 87.1 Å². The zero-order valence-electron chi connectivity index (χ0n) is 29.6. The molecule has 1 N–H and O–H groups in total. The monoisotopic (exact) mass is 670 g/mol. The molecule has 3 heterocycles. The Hall–Kier alpha value is -4.75. The molecule has 250 valence electrons. The average molecular weight is 671 g/mol. The SMILES string of the molecule is CC[N+]1=C(C=C2C(=O)C(c3ccc(-n4c5ccc(C(C)(C)C)cc5c5cc(C(C)(C)C)ccc54)s3)=C2[O-])C(C)(C)c2cc(C(=O)O)ccc21. The molecule has 0 atom stereocenters. The van der Waals surface area contributed by atoms with Gasteiger partial charge in [-0.2, -0.15) is 4.58 Å². The van der Waals surface area contributed by atoms with Crippen molar-refractivity contribution in [2.45, 2.75) is 78.6 Å². The molecule has 0 fully saturated rings. The molecule has 6 nitrogen and oxygen atoms in total. The van der Waals surface area contributed by atoms with Crippen LogP contribution in [0.3, 0.4) is 0 Å². The van der Waals surface area contributed by atoms with Crippen molar-refractivity contribution in [1.29, 1.82) is 0 Å². The third kappa shape index (κ3) is 5.01. The molecule has 0 bridgehead atoms. The van der Waals surface area contributed by atoms with Gasteiger partial charge in [0.05, 0.1) is 22.0 Å². The summed E-state index contributed by atoms with van der Waals surface area (Å²) in [6, 6.07) is 22.4. The first kappa shape index (κ1) is 32.8. The van der Waals surface area contributed by atoms with E-state index >= 15 is 0 Å². The van der Waals surface area contributed by atoms with Crippen molar-refractivity contribution in [3.05, 3.63) is 111 Å². The van der Waals surface area contributed by atoms with E-state index in [0.29, 0.717) is 11.4 Å². The molecule has 49 heavy (non-hydrogen) atoms. The van der Waals surface area contributed by atoms with E-state index in [1.807, 2.05) is 39.0 Å². The first-order valence-electron chi connectivity index (χ1n) is 16.8. The minimum Gasteiger partial charge on any atom is -0.871 e. The number of fused-ring (bicyclic) bond motifs is 4. The molecule has 5 aromatic rings. The van der Waals surface area contributed by atoms with Crippen LogP contribution in [0.1, 0.15) is 94.2 Å². The molecule has 1 aliphatic heterocycles. The molecule has 7 rings (SSSR count). The van der Waals surface area contributed by atoms with E-state index in [1.165, 1.54) is 33.2 Å². The minimum absolute atomic E-state index is 0.00246. The Kier molecular flexibility index (Phi) is 7.28. The zero-order chi connectivity index (χ0) is 35.4. The molecule has 0 saturated carbocycles. The van der Waals surface area contributed by atoms with Gasteiger partial charge in [-0.3, -0.25) is 4.79 Å². The maximum absolute atomic E-state index is 13.7. The van der Waals surface area contributed by atoms with Gasteiger partial charge in [0.25, 0.3) is 0 Å². The van der Waals surface area contributed by atoms with Gasteiger partial charge in [-0.1, -0.05) is 59.4 Å². The molecule has 2 aliphatic rings. The predicted octanol–water partition coefficient (Wildman–Crippen LogP) is 8.82. The van der Waals surface area contributed by atoms with Gasteiger partial charge in [-0.05, 0) is 91.3 Å². The maximum Gasteiger partial charge on any atom is 0.335 e. The van der Waals surface area contributed by atoms with E-state index in [9.17, 15) is 19.8 Å². The van der Waals surface area contributed by atoms with Gasteiger partial charge in [0.2, 0.25) is 5.69 Å². The number of thiophene rings is 1. The van der Waals surface area contributed by atoms with E-state index in [1.54, 1.807) is 18.2 Å². The fourth-order valence-electron chi connectivity index (χ4n) is 7.29. The topological polar surface area (TPSA) is 85.4 Å². The van der Waals surface area contributed by atoms with Crippen LogP contribution < -0.4 is 5.11 Å². The Morgan fingerprint density at radius 3 is 2.00 bits per heavy atom. The van der Waals surface area contributed by atoms with Crippen LogP contribution in [0.15, 0.2) is 84.1 Å². The second-order valence-electron chi connectivity index (χ2n) is 15.8. The molecule has 0 unspecified atom stereocenters. The summed E-state index contributed by atoms with van der Waals surface area (Å²) in [5, 5.41) is 26.6. The number of Topliss-reactive ketones (excluding diaryl/α,β-unsaturated/α-hetero) is 1. The van der Waals surface area contributed by atoms with Gasteiger partial charge >= 0.3 is 5.97 Å². The summed E-state index contributed by atoms with van der Waals surface area (Å²) in [5.74, 6) is -1.50. The standard InChI is InChI=1S/C42H42N2O4S/c1-10-43-32-14-11-23(39(47)48)19-29(32)42(8,9)34(43)22-28-37(45)36(38(28)46)33-17-18-35(49-33)44-30-15-12-24(40(2,3)4)20-26(30)27-21-25(41(5,6)7)13-16-31(27)44/h11-22H,10H2,1-9H3,(H-,45,46,47,48). The fraction of sp³-hybridized carbons (Fsp3) is 0.310. The van der Waals surface area contributed by atoms with Crippen LogP contribution in [-0.2, 0) is 21.0 Å². The van der Waals surface area contributed by atoms with Crippen LogP contribution in [0.2, 0.25) is 0 Å². The normalized spacial score (nSPS) is 17.1. The molecule has 3 aromatic carbocycles. The largest absolute Gasteiger partial charge is 0.871 e. The summed E-state index contributed by atoms with van der Waals surface area (Å²) in [6.45, 7) is 20.0. The second kappa shape index (κ2) is 10.9. The third-order valence-electron chi connectivity index (χ3n) is 10.2. The lowest BCUT2D eigenvalue weighted by atomic mass is 9.78. The number of carbonyl (C=O) groups excluding carboxylic acids is 1. The van der Waals surface area contributed by atoms with Crippen molar-refractivity contribution in [3.63, 3.8) is 0 Å². The molecule has 0 amide bonds. The summed E-state index contributed by atoms with van der Waals surface area (Å²) < 4.78 is 4.31. The lowest BCUT2D eigenvalue weighted by Gasteiger charge is -2.30. The van der Waals surface area contributed by atoms with Crippen LogP contribution in [-0.4, -0.2) is 38.3 Å². The summed E-state index contributed by atoms with van der Waals surface area (Å²) in [4.78, 5) is 26.1. The predicted molar refractivity (Wildman–Crippen MR) is 198 cm³/mol. The number of rotatable bonds is 5. The van der Waals surface area contributed by atoms with Gasteiger partial charge in [0, 0.05) is 44.5 Å². The summed E-state index contributed by atoms with van der Waals surface area (Å²) >= 11 is 1.46. The van der Waals surface area contributed by atoms with Gasteiger partial charge in [-0.25, -0.2) is 4.79 Å². The highest BCUT2D eigenvalue weighted by atomic mass is 32.1. The first-order valence-corrected chi connectivity index (χ1v) is 17.7. The first-order chi connectivity index (χ1) is 22.9. The summed E-state index contributed by atoms with van der Waals surface area (Å²) in [6.07, 6.45) is 1.72. The number of nitrogens with zero attached hydrogens (tertiary/aromatic N) is 2. The number of allylic oxidation sites excluding steroid dienone is 3. The summed E-state index contributed by atoms with van der Waals surface area (Å²) in [5.41, 5.74) is 7.28. The van der Waals surface area contributed by atoms with Crippen LogP contribution >= 0.6 is 11.3 Å². The highest BCUT2D eigenvalue weighted by Crippen LogP contribution is 2.45. The molecule has 7 heteroatoms. The lowest BCUT2D eigenvalue weighted by molar-refractivity contribution is -0.433. The van der Waals surface area contributed by atoms with Crippen molar-refractivity contribution < 1.29 is 24.4 Å². The number of carboxylic acid groups (broad SMARTS) is 1. The van der Waals surface area contributed by atoms with Crippen molar-refractivity contribution in [1.82, 2.24) is 4.57 Å². The highest BCUT2D eigenvalue weighted by Gasteiger charge is 2.45. The number of benzene rings is 3. The smallest absolute Gasteiger partial charge is 0.335 e. The van der Waals surface area contributed by atoms with Gasteiger partial charge in [0.1, 0.15) is 11.5 Å². The lowest BCUT2D eigenvalue weighted by Crippen LogP contribution is -2.33. The zero-order valence-corrected chi connectivity index (χ0v) is 30.4. The Labute approximate surface area is 291 Å². The van der Waals surface area contributed by atoms with Crippen LogP contribution in [0.4, 0.5) is 5.69 Å². The number of aromatic carboxylic acids is 1. The molecule has 1 aliphatic carbocycles. The van der Waals surface area contributed by atoms with E-state index in [-0.39, 0.29) is 39.1 Å². The number of aromatic nitrogens is 1. The fourth-order valence-corrected chi connectivity index (χ4v) is 8.36. The number of ketones is 1.